The minimum Gasteiger partial charge on any atom is -0.441 e. The number of aromatic nitrogens is 1. The lowest BCUT2D eigenvalue weighted by Gasteiger charge is -2.06. The number of hydrogen-bond donors (Lipinski definition) is 1. The zero-order valence-electron chi connectivity index (χ0n) is 9.90. The molecule has 0 fully saturated rings. The summed E-state index contributed by atoms with van der Waals surface area (Å²) in [6, 6.07) is 8.33. The number of nitrogens with one attached hydrogen (secondary N) is 1. The summed E-state index contributed by atoms with van der Waals surface area (Å²) in [6.45, 7) is 2.11. The van der Waals surface area contributed by atoms with Crippen molar-refractivity contribution in [2.45, 2.75) is 19.4 Å². The Bertz CT molecular complexity index is 478. The molecule has 1 aromatic heterocycles. The van der Waals surface area contributed by atoms with Crippen LogP contribution in [0.25, 0.3) is 11.5 Å². The van der Waals surface area contributed by atoms with Crippen LogP contribution in [0.4, 0.5) is 0 Å². The van der Waals surface area contributed by atoms with Gasteiger partial charge in [-0.3, -0.25) is 0 Å². The first-order chi connectivity index (χ1) is 8.19. The van der Waals surface area contributed by atoms with Crippen molar-refractivity contribution in [3.8, 4) is 11.5 Å². The minimum atomic E-state index is 0.390. The Balaban J connectivity index is 2.15. The van der Waals surface area contributed by atoms with Crippen LogP contribution in [-0.2, 0) is 6.42 Å². The van der Waals surface area contributed by atoms with Crippen molar-refractivity contribution < 1.29 is 4.42 Å². The average Bonchev–Trinajstić information content (AvgIpc) is 2.78. The molecular weight excluding hydrogens is 280 g/mol. The first-order valence-electron chi connectivity index (χ1n) is 5.57. The summed E-state index contributed by atoms with van der Waals surface area (Å²) in [5.41, 5.74) is 0.997. The minimum absolute atomic E-state index is 0.390. The fraction of sp³-hybridized carbons (Fsp3) is 0.308. The Morgan fingerprint density at radius 1 is 1.35 bits per heavy atom. The molecule has 4 heteroatoms. The first-order valence-corrected chi connectivity index (χ1v) is 6.36. The number of benzene rings is 1. The second kappa shape index (κ2) is 5.47. The van der Waals surface area contributed by atoms with Gasteiger partial charge in [-0.05, 0) is 38.2 Å². The summed E-state index contributed by atoms with van der Waals surface area (Å²) in [5, 5.41) is 3.18. The number of rotatable bonds is 4. The van der Waals surface area contributed by atoms with Crippen LogP contribution in [0, 0.1) is 0 Å². The second-order valence-electron chi connectivity index (χ2n) is 4.03. The molecule has 0 spiro atoms. The van der Waals surface area contributed by atoms with E-state index in [4.69, 9.17) is 4.42 Å². The van der Waals surface area contributed by atoms with Crippen LogP contribution in [0.3, 0.4) is 0 Å². The molecule has 3 nitrogen and oxygen atoms in total. The van der Waals surface area contributed by atoms with Gasteiger partial charge >= 0.3 is 0 Å². The van der Waals surface area contributed by atoms with Crippen molar-refractivity contribution in [2.24, 2.45) is 0 Å². The van der Waals surface area contributed by atoms with Crippen LogP contribution in [0.1, 0.15) is 12.7 Å². The summed E-state index contributed by atoms with van der Waals surface area (Å²) >= 11 is 3.41. The van der Waals surface area contributed by atoms with Gasteiger partial charge in [0.05, 0.1) is 6.20 Å². The predicted octanol–water partition coefficient (Wildman–Crippen LogP) is 3.25. The van der Waals surface area contributed by atoms with Gasteiger partial charge < -0.3 is 9.73 Å². The van der Waals surface area contributed by atoms with E-state index in [1.807, 2.05) is 31.3 Å². The zero-order chi connectivity index (χ0) is 12.3. The lowest BCUT2D eigenvalue weighted by atomic mass is 10.2. The quantitative estimate of drug-likeness (QED) is 0.941. The van der Waals surface area contributed by atoms with Crippen LogP contribution in [0.5, 0.6) is 0 Å². The van der Waals surface area contributed by atoms with E-state index in [9.17, 15) is 0 Å². The third kappa shape index (κ3) is 3.17. The van der Waals surface area contributed by atoms with E-state index in [0.29, 0.717) is 11.9 Å². The fourth-order valence-corrected chi connectivity index (χ4v) is 1.80. The average molecular weight is 295 g/mol. The summed E-state index contributed by atoms with van der Waals surface area (Å²) in [6.07, 6.45) is 2.64. The molecule has 0 amide bonds. The summed E-state index contributed by atoms with van der Waals surface area (Å²) in [5.74, 6) is 1.58. The number of likely N-dealkylation sites (N-methyl/N-ethyl adjacent to an activating group) is 1. The third-order valence-corrected chi connectivity index (χ3v) is 3.17. The molecule has 1 N–H and O–H groups in total. The monoisotopic (exact) mass is 294 g/mol. The molecule has 1 aromatic carbocycles. The topological polar surface area (TPSA) is 38.1 Å². The molecule has 17 heavy (non-hydrogen) atoms. The van der Waals surface area contributed by atoms with Crippen molar-refractivity contribution in [3.63, 3.8) is 0 Å². The van der Waals surface area contributed by atoms with Gasteiger partial charge in [-0.1, -0.05) is 15.9 Å². The highest BCUT2D eigenvalue weighted by Crippen LogP contribution is 2.21. The molecule has 0 saturated carbocycles. The van der Waals surface area contributed by atoms with E-state index in [0.717, 1.165) is 22.2 Å². The number of nitrogens with zero attached hydrogens (tertiary/aromatic N) is 1. The molecular formula is C13H15BrN2O. The van der Waals surface area contributed by atoms with Crippen molar-refractivity contribution >= 4 is 15.9 Å². The summed E-state index contributed by atoms with van der Waals surface area (Å²) in [7, 11) is 1.94. The Labute approximate surface area is 109 Å². The van der Waals surface area contributed by atoms with Gasteiger partial charge in [0.15, 0.2) is 0 Å². The Hall–Kier alpha value is -1.13. The maximum absolute atomic E-state index is 5.72. The number of hydrogen-bond acceptors (Lipinski definition) is 3. The molecule has 0 radical (unpaired) electrons. The molecule has 0 saturated heterocycles. The van der Waals surface area contributed by atoms with Gasteiger partial charge in [-0.2, -0.15) is 0 Å². The van der Waals surface area contributed by atoms with Crippen LogP contribution >= 0.6 is 15.9 Å². The molecule has 1 heterocycles. The Morgan fingerprint density at radius 2 is 2.06 bits per heavy atom. The Kier molecular flexibility index (Phi) is 3.97. The number of oxazole rings is 1. The van der Waals surface area contributed by atoms with Crippen LogP contribution in [0.2, 0.25) is 0 Å². The first kappa shape index (κ1) is 12.3. The van der Waals surface area contributed by atoms with Crippen LogP contribution in [0.15, 0.2) is 39.4 Å². The molecule has 0 aliphatic carbocycles. The van der Waals surface area contributed by atoms with Gasteiger partial charge in [0, 0.05) is 22.5 Å². The van der Waals surface area contributed by atoms with Crippen LogP contribution in [-0.4, -0.2) is 18.1 Å². The highest BCUT2D eigenvalue weighted by Gasteiger charge is 2.08. The van der Waals surface area contributed by atoms with Gasteiger partial charge in [0.25, 0.3) is 0 Å². The van der Waals surface area contributed by atoms with E-state index >= 15 is 0 Å². The molecule has 0 aliphatic rings. The zero-order valence-corrected chi connectivity index (χ0v) is 11.5. The van der Waals surface area contributed by atoms with E-state index in [1.54, 1.807) is 6.20 Å². The van der Waals surface area contributed by atoms with E-state index < -0.39 is 0 Å². The Morgan fingerprint density at radius 3 is 2.71 bits per heavy atom. The fourth-order valence-electron chi connectivity index (χ4n) is 1.53. The van der Waals surface area contributed by atoms with Crippen molar-refractivity contribution in [1.82, 2.24) is 10.3 Å². The standard InChI is InChI=1S/C13H15BrN2O/c1-9(15-2)7-12-8-16-13(17-12)10-3-5-11(14)6-4-10/h3-6,8-9,15H,7H2,1-2H3. The summed E-state index contributed by atoms with van der Waals surface area (Å²) < 4.78 is 6.77. The highest BCUT2D eigenvalue weighted by molar-refractivity contribution is 9.10. The van der Waals surface area contributed by atoms with Crippen molar-refractivity contribution in [3.05, 3.63) is 40.7 Å². The smallest absolute Gasteiger partial charge is 0.226 e. The number of halogens is 1. The highest BCUT2D eigenvalue weighted by atomic mass is 79.9. The SMILES string of the molecule is CNC(C)Cc1cnc(-c2ccc(Br)cc2)o1. The normalized spacial score (nSPS) is 12.6. The van der Waals surface area contributed by atoms with E-state index in [-0.39, 0.29) is 0 Å². The largest absolute Gasteiger partial charge is 0.441 e. The molecule has 90 valence electrons. The van der Waals surface area contributed by atoms with E-state index in [2.05, 4.69) is 33.2 Å². The third-order valence-electron chi connectivity index (χ3n) is 2.64. The van der Waals surface area contributed by atoms with Crippen molar-refractivity contribution in [1.29, 1.82) is 0 Å². The van der Waals surface area contributed by atoms with Gasteiger partial charge in [-0.15, -0.1) is 0 Å². The van der Waals surface area contributed by atoms with Crippen molar-refractivity contribution in [2.75, 3.05) is 7.05 Å². The van der Waals surface area contributed by atoms with Gasteiger partial charge in [0.1, 0.15) is 5.76 Å². The molecule has 1 unspecified atom stereocenters. The summed E-state index contributed by atoms with van der Waals surface area (Å²) in [4.78, 5) is 4.29. The molecule has 0 bridgehead atoms. The van der Waals surface area contributed by atoms with E-state index in [1.165, 1.54) is 0 Å². The second-order valence-corrected chi connectivity index (χ2v) is 4.95. The molecule has 2 aromatic rings. The predicted molar refractivity (Wildman–Crippen MR) is 71.9 cm³/mol. The molecule has 2 rings (SSSR count). The molecule has 0 aliphatic heterocycles. The van der Waals surface area contributed by atoms with Gasteiger partial charge in [0.2, 0.25) is 5.89 Å². The lowest BCUT2D eigenvalue weighted by molar-refractivity contribution is 0.479. The maximum atomic E-state index is 5.72. The van der Waals surface area contributed by atoms with Gasteiger partial charge in [-0.25, -0.2) is 4.98 Å². The lowest BCUT2D eigenvalue weighted by Crippen LogP contribution is -2.23. The molecule has 1 atom stereocenters. The maximum Gasteiger partial charge on any atom is 0.226 e. The van der Waals surface area contributed by atoms with Crippen LogP contribution < -0.4 is 5.32 Å².